The molecular weight excluding hydrogens is 1430 g/mol. The first-order chi connectivity index (χ1) is 53.7. The Balaban J connectivity index is 5.55. The van der Waals surface area contributed by atoms with Crippen molar-refractivity contribution in [3.63, 3.8) is 0 Å². The van der Waals surface area contributed by atoms with Gasteiger partial charge in [0.1, 0.15) is 19.3 Å². The lowest BCUT2D eigenvalue weighted by atomic mass is 10.1. The van der Waals surface area contributed by atoms with Crippen LogP contribution in [0.1, 0.15) is 272 Å². The van der Waals surface area contributed by atoms with Crippen molar-refractivity contribution in [2.24, 2.45) is 0 Å². The summed E-state index contributed by atoms with van der Waals surface area (Å²) in [5.41, 5.74) is 0. The Kier molecular flexibility index (Phi) is 75.6. The number of esters is 4. The van der Waals surface area contributed by atoms with Gasteiger partial charge in [0.2, 0.25) is 0 Å². The summed E-state index contributed by atoms with van der Waals surface area (Å²) in [6.07, 6.45) is 102. The molecule has 5 atom stereocenters. The molecular formula is C91H142O17P2. The molecule has 0 aliphatic heterocycles. The van der Waals surface area contributed by atoms with E-state index < -0.39 is 97.5 Å². The minimum absolute atomic E-state index is 0.00218. The van der Waals surface area contributed by atoms with Crippen LogP contribution in [0.15, 0.2) is 219 Å². The molecule has 0 fully saturated rings. The quantitative estimate of drug-likeness (QED) is 0.0169. The topological polar surface area (TPSA) is 237 Å². The molecule has 0 spiro atoms. The number of rotatable bonds is 74. The van der Waals surface area contributed by atoms with Crippen LogP contribution >= 0.6 is 15.6 Å². The summed E-state index contributed by atoms with van der Waals surface area (Å²) in [6.45, 7) is 4.21. The largest absolute Gasteiger partial charge is 0.472 e. The van der Waals surface area contributed by atoms with Crippen molar-refractivity contribution in [2.75, 3.05) is 39.6 Å². The van der Waals surface area contributed by atoms with Crippen LogP contribution in [0.4, 0.5) is 0 Å². The van der Waals surface area contributed by atoms with Crippen molar-refractivity contribution in [1.82, 2.24) is 0 Å². The number of aliphatic hydroxyl groups excluding tert-OH is 1. The van der Waals surface area contributed by atoms with Gasteiger partial charge in [0.15, 0.2) is 12.2 Å². The molecule has 0 aromatic rings. The third-order valence-corrected chi connectivity index (χ3v) is 17.8. The SMILES string of the molecule is CC/C=C\C/C=C\C/C=C\C/C=C\C/C=C\CCCCCC(=O)OCC(COP(=O)(O)OCC(O)COP(=O)(O)OCC(COC(=O)CCC/C=C\C/C=C\C/C=C\C/C=C\C/C=C\CC)OC(=O)CCCCCCCCC/C=C\C/C=C\C/C=C\CC)OC(=O)CCC/C=C\C/C=C\C/C=C\C/C=C\C/C=C\CC. The average Bonchev–Trinajstić information content (AvgIpc) is 0.906. The van der Waals surface area contributed by atoms with E-state index in [9.17, 15) is 43.2 Å². The standard InChI is InChI=1S/C91H142O17P2/c1-5-9-13-17-21-25-29-33-37-41-42-46-48-52-56-60-64-68-72-76-89(94)102-82-87(108-91(96)78-74-70-66-62-58-54-50-45-40-36-32-28-24-20-16-12-8-4)84-106-110(99,100)104-80-85(92)79-103-109(97,98)105-83-86(107-90(95)77-73-69-65-61-57-53-49-44-39-35-31-27-23-19-15-11-7-3)81-101-88(93)75-71-67-63-59-55-51-47-43-38-34-30-26-22-18-14-10-6-2/h9-16,21-28,33-40,42,46-47,50-52,54,56,59,62-63,66,85-87,92H,5-8,17-20,29-32,41,43-45,48-49,53,55,57-58,60-61,64-65,67-84H2,1-4H3,(H,97,98)(H,99,100)/b13-9-,14-10-,15-11-,16-12-,25-21-,26-22-,27-23-,28-24-,37-33-,38-34-,39-35-,40-36-,46-42-,51-47-,54-50-,56-52-,63-59-,66-62-. The average molecular weight is 1570 g/mol. The number of aliphatic hydroxyl groups is 1. The first-order valence-corrected chi connectivity index (χ1v) is 44.0. The number of hydrogen-bond acceptors (Lipinski definition) is 15. The molecule has 5 unspecified atom stereocenters. The van der Waals surface area contributed by atoms with Gasteiger partial charge in [0.05, 0.1) is 26.4 Å². The molecule has 0 aromatic carbocycles. The highest BCUT2D eigenvalue weighted by molar-refractivity contribution is 7.47. The summed E-state index contributed by atoms with van der Waals surface area (Å²) in [7, 11) is -10.0. The van der Waals surface area contributed by atoms with Crippen LogP contribution in [-0.4, -0.2) is 96.7 Å². The van der Waals surface area contributed by atoms with Gasteiger partial charge < -0.3 is 33.8 Å². The number of ether oxygens (including phenoxy) is 4. The van der Waals surface area contributed by atoms with Gasteiger partial charge in [-0.3, -0.25) is 37.3 Å². The smallest absolute Gasteiger partial charge is 0.462 e. The van der Waals surface area contributed by atoms with Crippen molar-refractivity contribution in [3.05, 3.63) is 219 Å². The molecule has 110 heavy (non-hydrogen) atoms. The molecule has 0 amide bonds. The number of phosphoric ester groups is 2. The fraction of sp³-hybridized carbons (Fsp3) is 0.560. The van der Waals surface area contributed by atoms with Crippen LogP contribution in [0.2, 0.25) is 0 Å². The maximum absolute atomic E-state index is 13.1. The molecule has 19 heteroatoms. The third-order valence-electron chi connectivity index (χ3n) is 15.9. The van der Waals surface area contributed by atoms with Crippen molar-refractivity contribution in [1.29, 1.82) is 0 Å². The molecule has 0 aliphatic carbocycles. The monoisotopic (exact) mass is 1570 g/mol. The molecule has 618 valence electrons. The zero-order valence-corrected chi connectivity index (χ0v) is 69.4. The molecule has 0 radical (unpaired) electrons. The van der Waals surface area contributed by atoms with E-state index in [0.29, 0.717) is 38.5 Å². The highest BCUT2D eigenvalue weighted by Crippen LogP contribution is 2.45. The zero-order valence-electron chi connectivity index (χ0n) is 67.6. The van der Waals surface area contributed by atoms with Crippen LogP contribution < -0.4 is 0 Å². The van der Waals surface area contributed by atoms with Crippen LogP contribution in [0.3, 0.4) is 0 Å². The van der Waals surface area contributed by atoms with Gasteiger partial charge in [-0.25, -0.2) is 9.13 Å². The summed E-state index contributed by atoms with van der Waals surface area (Å²) >= 11 is 0. The van der Waals surface area contributed by atoms with Crippen molar-refractivity contribution >= 4 is 39.5 Å². The molecule has 0 aromatic heterocycles. The van der Waals surface area contributed by atoms with Crippen LogP contribution in [0.25, 0.3) is 0 Å². The molecule has 0 saturated carbocycles. The molecule has 0 saturated heterocycles. The summed E-state index contributed by atoms with van der Waals surface area (Å²) in [6, 6.07) is 0. The Morgan fingerprint density at radius 1 is 0.255 bits per heavy atom. The second kappa shape index (κ2) is 80.4. The van der Waals surface area contributed by atoms with E-state index in [2.05, 4.69) is 222 Å². The Morgan fingerprint density at radius 2 is 0.455 bits per heavy atom. The lowest BCUT2D eigenvalue weighted by Crippen LogP contribution is -2.30. The highest BCUT2D eigenvalue weighted by atomic mass is 31.2. The third kappa shape index (κ3) is 79.5. The van der Waals surface area contributed by atoms with Crippen LogP contribution in [0.5, 0.6) is 0 Å². The number of carbonyl (C=O) groups excluding carboxylic acids is 4. The minimum Gasteiger partial charge on any atom is -0.462 e. The second-order valence-corrected chi connectivity index (χ2v) is 29.1. The Bertz CT molecular complexity index is 2950. The molecule has 0 bridgehead atoms. The predicted octanol–water partition coefficient (Wildman–Crippen LogP) is 24.4. The normalized spacial score (nSPS) is 14.9. The van der Waals surface area contributed by atoms with Gasteiger partial charge in [-0.2, -0.15) is 0 Å². The summed E-state index contributed by atoms with van der Waals surface area (Å²) in [4.78, 5) is 73.2. The lowest BCUT2D eigenvalue weighted by molar-refractivity contribution is -0.161. The van der Waals surface area contributed by atoms with Crippen molar-refractivity contribution in [2.45, 2.75) is 290 Å². The molecule has 0 heterocycles. The van der Waals surface area contributed by atoms with Gasteiger partial charge >= 0.3 is 39.5 Å². The van der Waals surface area contributed by atoms with Gasteiger partial charge in [0, 0.05) is 25.7 Å². The summed E-state index contributed by atoms with van der Waals surface area (Å²) in [5.74, 6) is -2.38. The predicted molar refractivity (Wildman–Crippen MR) is 454 cm³/mol. The van der Waals surface area contributed by atoms with E-state index in [0.717, 1.165) is 180 Å². The van der Waals surface area contributed by atoms with Gasteiger partial charge in [-0.15, -0.1) is 0 Å². The maximum atomic E-state index is 13.1. The van der Waals surface area contributed by atoms with E-state index in [1.54, 1.807) is 0 Å². The number of hydrogen-bond donors (Lipinski definition) is 3. The molecule has 3 N–H and O–H groups in total. The lowest BCUT2D eigenvalue weighted by Gasteiger charge is -2.21. The first kappa shape index (κ1) is 103. The molecule has 0 aliphatic rings. The van der Waals surface area contributed by atoms with Crippen molar-refractivity contribution < 1.29 is 80.2 Å². The minimum atomic E-state index is -5.02. The maximum Gasteiger partial charge on any atom is 0.472 e. The second-order valence-electron chi connectivity index (χ2n) is 26.2. The van der Waals surface area contributed by atoms with E-state index in [-0.39, 0.29) is 25.7 Å². The van der Waals surface area contributed by atoms with E-state index >= 15 is 0 Å². The van der Waals surface area contributed by atoms with Gasteiger partial charge in [0.25, 0.3) is 0 Å². The van der Waals surface area contributed by atoms with Crippen LogP contribution in [0, 0.1) is 0 Å². The summed E-state index contributed by atoms with van der Waals surface area (Å²) < 4.78 is 68.6. The van der Waals surface area contributed by atoms with E-state index in [1.165, 1.54) is 0 Å². The Morgan fingerprint density at radius 3 is 0.736 bits per heavy atom. The fourth-order valence-electron chi connectivity index (χ4n) is 9.86. The highest BCUT2D eigenvalue weighted by Gasteiger charge is 2.30. The van der Waals surface area contributed by atoms with E-state index in [1.807, 2.05) is 24.3 Å². The van der Waals surface area contributed by atoms with Gasteiger partial charge in [-0.05, 0) is 180 Å². The molecule has 0 rings (SSSR count). The Labute approximate surface area is 664 Å². The summed E-state index contributed by atoms with van der Waals surface area (Å²) in [5, 5.41) is 10.7. The first-order valence-electron chi connectivity index (χ1n) is 41.0. The number of unbranched alkanes of at least 4 members (excludes halogenated alkanes) is 12. The number of allylic oxidation sites excluding steroid dienone is 36. The van der Waals surface area contributed by atoms with Crippen molar-refractivity contribution in [3.8, 4) is 0 Å². The Hall–Kier alpha value is -6.62. The van der Waals surface area contributed by atoms with Gasteiger partial charge in [-0.1, -0.05) is 285 Å². The van der Waals surface area contributed by atoms with Crippen LogP contribution in [-0.2, 0) is 65.4 Å². The zero-order chi connectivity index (χ0) is 80.3. The number of carbonyl (C=O) groups is 4. The fourth-order valence-corrected chi connectivity index (χ4v) is 11.4. The number of phosphoric acid groups is 2. The van der Waals surface area contributed by atoms with E-state index in [4.69, 9.17) is 37.0 Å². The molecule has 17 nitrogen and oxygen atoms in total.